The van der Waals surface area contributed by atoms with Gasteiger partial charge in [-0.15, -0.1) is 12.4 Å². The molecular formula is C18H34ClN3O. The molecule has 0 aromatic rings. The monoisotopic (exact) mass is 343 g/mol. The predicted molar refractivity (Wildman–Crippen MR) is 97.1 cm³/mol. The Morgan fingerprint density at radius 2 is 1.65 bits per heavy atom. The molecule has 3 rings (SSSR count). The summed E-state index contributed by atoms with van der Waals surface area (Å²) in [5.41, 5.74) is 0.255. The molecule has 1 saturated heterocycles. The largest absolute Gasteiger partial charge is 0.353 e. The average Bonchev–Trinajstić information content (AvgIpc) is 3.39. The first-order valence-electron chi connectivity index (χ1n) is 9.51. The third-order valence-electron chi connectivity index (χ3n) is 5.84. The SMILES string of the molecule is Cl.O=C(CNCC1CC1)NCC1(N2CCCCC2)CCCCC1. The zero-order valence-corrected chi connectivity index (χ0v) is 15.3. The van der Waals surface area contributed by atoms with Gasteiger partial charge in [-0.25, -0.2) is 0 Å². The van der Waals surface area contributed by atoms with Crippen molar-refractivity contribution in [2.75, 3.05) is 32.7 Å². The van der Waals surface area contributed by atoms with Crippen molar-refractivity contribution < 1.29 is 4.79 Å². The number of carbonyl (C=O) groups is 1. The van der Waals surface area contributed by atoms with Crippen LogP contribution in [0.4, 0.5) is 0 Å². The first-order chi connectivity index (χ1) is 10.8. The van der Waals surface area contributed by atoms with Gasteiger partial charge in [-0.05, 0) is 64.1 Å². The van der Waals surface area contributed by atoms with E-state index in [9.17, 15) is 4.79 Å². The third-order valence-corrected chi connectivity index (χ3v) is 5.84. The Kier molecular flexibility index (Phi) is 7.64. The molecule has 0 aromatic heterocycles. The van der Waals surface area contributed by atoms with Gasteiger partial charge < -0.3 is 10.6 Å². The van der Waals surface area contributed by atoms with Crippen molar-refractivity contribution in [2.24, 2.45) is 5.92 Å². The minimum Gasteiger partial charge on any atom is -0.353 e. The molecule has 2 saturated carbocycles. The molecule has 2 aliphatic carbocycles. The molecule has 134 valence electrons. The highest BCUT2D eigenvalue weighted by Gasteiger charge is 2.38. The zero-order valence-electron chi connectivity index (χ0n) is 14.4. The molecule has 0 unspecified atom stereocenters. The quantitative estimate of drug-likeness (QED) is 0.747. The van der Waals surface area contributed by atoms with Crippen LogP contribution in [0.15, 0.2) is 0 Å². The second-order valence-corrected chi connectivity index (χ2v) is 7.68. The van der Waals surface area contributed by atoms with Crippen LogP contribution >= 0.6 is 12.4 Å². The van der Waals surface area contributed by atoms with Crippen molar-refractivity contribution in [2.45, 2.75) is 69.7 Å². The number of piperidine rings is 1. The molecule has 1 aliphatic heterocycles. The summed E-state index contributed by atoms with van der Waals surface area (Å²) in [7, 11) is 0. The second kappa shape index (κ2) is 9.24. The summed E-state index contributed by atoms with van der Waals surface area (Å²) in [5, 5.41) is 6.54. The summed E-state index contributed by atoms with van der Waals surface area (Å²) in [5.74, 6) is 1.02. The lowest BCUT2D eigenvalue weighted by molar-refractivity contribution is -0.121. The lowest BCUT2D eigenvalue weighted by Crippen LogP contribution is -2.58. The number of rotatable bonds is 7. The molecule has 23 heavy (non-hydrogen) atoms. The number of hydrogen-bond acceptors (Lipinski definition) is 3. The summed E-state index contributed by atoms with van der Waals surface area (Å²) in [6.45, 7) is 4.83. The van der Waals surface area contributed by atoms with Gasteiger partial charge in [0.1, 0.15) is 0 Å². The number of hydrogen-bond donors (Lipinski definition) is 2. The van der Waals surface area contributed by atoms with Crippen molar-refractivity contribution in [1.29, 1.82) is 0 Å². The maximum Gasteiger partial charge on any atom is 0.234 e. The van der Waals surface area contributed by atoms with Crippen LogP contribution < -0.4 is 10.6 Å². The van der Waals surface area contributed by atoms with E-state index in [0.717, 1.165) is 19.0 Å². The summed E-state index contributed by atoms with van der Waals surface area (Å²) in [4.78, 5) is 14.8. The van der Waals surface area contributed by atoms with E-state index in [0.29, 0.717) is 6.54 Å². The van der Waals surface area contributed by atoms with Crippen LogP contribution in [0.25, 0.3) is 0 Å². The molecule has 0 radical (unpaired) electrons. The van der Waals surface area contributed by atoms with Crippen LogP contribution in [0.2, 0.25) is 0 Å². The van der Waals surface area contributed by atoms with Gasteiger partial charge in [0.25, 0.3) is 0 Å². The van der Waals surface area contributed by atoms with E-state index in [1.54, 1.807) is 0 Å². The van der Waals surface area contributed by atoms with E-state index in [1.807, 2.05) is 0 Å². The summed E-state index contributed by atoms with van der Waals surface area (Å²) < 4.78 is 0. The molecule has 2 N–H and O–H groups in total. The molecule has 0 spiro atoms. The minimum atomic E-state index is 0. The summed E-state index contributed by atoms with van der Waals surface area (Å²) >= 11 is 0. The van der Waals surface area contributed by atoms with Crippen molar-refractivity contribution in [3.63, 3.8) is 0 Å². The van der Waals surface area contributed by atoms with Crippen LogP contribution in [-0.2, 0) is 4.79 Å². The van der Waals surface area contributed by atoms with E-state index in [2.05, 4.69) is 15.5 Å². The molecule has 1 amide bonds. The standard InChI is InChI=1S/C18H33N3O.ClH/c22-17(14-19-13-16-7-8-16)20-15-18(9-3-1-4-10-18)21-11-5-2-6-12-21;/h16,19H,1-15H2,(H,20,22);1H. The number of nitrogens with one attached hydrogen (secondary N) is 2. The maximum atomic E-state index is 12.1. The topological polar surface area (TPSA) is 44.4 Å². The van der Waals surface area contributed by atoms with Gasteiger partial charge in [0.05, 0.1) is 6.54 Å². The Labute approximate surface area is 147 Å². The zero-order chi connectivity index (χ0) is 15.3. The van der Waals surface area contributed by atoms with Crippen LogP contribution in [-0.4, -0.2) is 49.1 Å². The Morgan fingerprint density at radius 1 is 1.00 bits per heavy atom. The van der Waals surface area contributed by atoms with E-state index < -0.39 is 0 Å². The average molecular weight is 344 g/mol. The van der Waals surface area contributed by atoms with E-state index in [-0.39, 0.29) is 23.9 Å². The highest BCUT2D eigenvalue weighted by atomic mass is 35.5. The van der Waals surface area contributed by atoms with Crippen molar-refractivity contribution in [3.8, 4) is 0 Å². The van der Waals surface area contributed by atoms with Crippen LogP contribution in [0, 0.1) is 5.92 Å². The molecule has 0 atom stereocenters. The lowest BCUT2D eigenvalue weighted by Gasteiger charge is -2.48. The highest BCUT2D eigenvalue weighted by Crippen LogP contribution is 2.35. The Balaban J connectivity index is 0.00000192. The Morgan fingerprint density at radius 3 is 2.30 bits per heavy atom. The van der Waals surface area contributed by atoms with Gasteiger partial charge in [0, 0.05) is 12.1 Å². The first-order valence-corrected chi connectivity index (χ1v) is 9.51. The minimum absolute atomic E-state index is 0. The summed E-state index contributed by atoms with van der Waals surface area (Å²) in [6, 6.07) is 0. The second-order valence-electron chi connectivity index (χ2n) is 7.68. The summed E-state index contributed by atoms with van der Waals surface area (Å²) in [6.07, 6.45) is 13.3. The van der Waals surface area contributed by atoms with E-state index in [1.165, 1.54) is 77.3 Å². The number of halogens is 1. The number of amides is 1. The first kappa shape index (κ1) is 19.0. The van der Waals surface area contributed by atoms with Crippen molar-refractivity contribution in [3.05, 3.63) is 0 Å². The molecule has 0 bridgehead atoms. The smallest absolute Gasteiger partial charge is 0.234 e. The van der Waals surface area contributed by atoms with Gasteiger partial charge in [-0.1, -0.05) is 25.7 Å². The fourth-order valence-corrected chi connectivity index (χ4v) is 4.22. The van der Waals surface area contributed by atoms with Crippen molar-refractivity contribution >= 4 is 18.3 Å². The van der Waals surface area contributed by atoms with E-state index in [4.69, 9.17) is 0 Å². The normalized spacial score (nSPS) is 24.7. The number of carbonyl (C=O) groups excluding carboxylic acids is 1. The van der Waals surface area contributed by atoms with Crippen LogP contribution in [0.5, 0.6) is 0 Å². The molecule has 1 heterocycles. The maximum absolute atomic E-state index is 12.1. The number of nitrogens with zero attached hydrogens (tertiary/aromatic N) is 1. The molecule has 5 heteroatoms. The predicted octanol–water partition coefficient (Wildman–Crippen LogP) is 2.71. The van der Waals surface area contributed by atoms with Gasteiger partial charge >= 0.3 is 0 Å². The Hall–Kier alpha value is -0.320. The molecule has 4 nitrogen and oxygen atoms in total. The fraction of sp³-hybridized carbons (Fsp3) is 0.944. The number of likely N-dealkylation sites (tertiary alicyclic amines) is 1. The third kappa shape index (κ3) is 5.61. The van der Waals surface area contributed by atoms with Crippen molar-refractivity contribution in [1.82, 2.24) is 15.5 Å². The van der Waals surface area contributed by atoms with Crippen LogP contribution in [0.1, 0.15) is 64.2 Å². The van der Waals surface area contributed by atoms with E-state index >= 15 is 0 Å². The molecule has 3 fully saturated rings. The van der Waals surface area contributed by atoms with Gasteiger partial charge in [0.15, 0.2) is 0 Å². The molecule has 0 aromatic carbocycles. The molecular weight excluding hydrogens is 310 g/mol. The fourth-order valence-electron chi connectivity index (χ4n) is 4.22. The highest BCUT2D eigenvalue weighted by molar-refractivity contribution is 5.85. The molecule has 3 aliphatic rings. The lowest BCUT2D eigenvalue weighted by atomic mass is 9.79. The Bertz CT molecular complexity index is 361. The van der Waals surface area contributed by atoms with Gasteiger partial charge in [-0.3, -0.25) is 9.69 Å². The van der Waals surface area contributed by atoms with Gasteiger partial charge in [-0.2, -0.15) is 0 Å². The van der Waals surface area contributed by atoms with Crippen LogP contribution in [0.3, 0.4) is 0 Å². The van der Waals surface area contributed by atoms with Gasteiger partial charge in [0.2, 0.25) is 5.91 Å².